The van der Waals surface area contributed by atoms with Crippen molar-refractivity contribution in [2.24, 2.45) is 5.92 Å². The Morgan fingerprint density at radius 2 is 1.90 bits per heavy atom. The van der Waals surface area contributed by atoms with Crippen LogP contribution in [0.5, 0.6) is 0 Å². The Labute approximate surface area is 178 Å². The van der Waals surface area contributed by atoms with E-state index in [1.54, 1.807) is 0 Å². The first-order valence-corrected chi connectivity index (χ1v) is 11.5. The Bertz CT molecular complexity index is 768. The van der Waals surface area contributed by atoms with Crippen LogP contribution in [-0.4, -0.2) is 54.7 Å². The maximum atomic E-state index is 12.9. The fraction of sp³-hybridized carbons (Fsp3) is 0.565. The molecule has 1 aliphatic heterocycles. The van der Waals surface area contributed by atoms with Gasteiger partial charge in [-0.3, -0.25) is 9.69 Å². The molecule has 5 nitrogen and oxygen atoms in total. The van der Waals surface area contributed by atoms with Gasteiger partial charge in [0.25, 0.3) is 5.91 Å². The van der Waals surface area contributed by atoms with Gasteiger partial charge in [0.05, 0.1) is 23.9 Å². The van der Waals surface area contributed by atoms with Gasteiger partial charge >= 0.3 is 0 Å². The molecule has 0 bridgehead atoms. The number of hydrogen-bond acceptors (Lipinski definition) is 5. The van der Waals surface area contributed by atoms with E-state index in [1.165, 1.54) is 16.9 Å². The van der Waals surface area contributed by atoms with Gasteiger partial charge in [-0.1, -0.05) is 57.0 Å². The van der Waals surface area contributed by atoms with E-state index in [9.17, 15) is 4.79 Å². The van der Waals surface area contributed by atoms with Crippen molar-refractivity contribution in [2.45, 2.75) is 46.1 Å². The second-order valence-electron chi connectivity index (χ2n) is 7.69. The topological polar surface area (TPSA) is 54.5 Å². The first kappa shape index (κ1) is 21.9. The molecule has 0 saturated carbocycles. The number of morpholine rings is 1. The molecule has 1 N–H and O–H groups in total. The highest BCUT2D eigenvalue weighted by Crippen LogP contribution is 2.22. The van der Waals surface area contributed by atoms with E-state index in [0.29, 0.717) is 18.5 Å². The molecule has 1 aromatic carbocycles. The van der Waals surface area contributed by atoms with Crippen LogP contribution in [0.2, 0.25) is 0 Å². The van der Waals surface area contributed by atoms with Crippen LogP contribution in [0.1, 0.15) is 52.6 Å². The zero-order valence-electron chi connectivity index (χ0n) is 17.8. The van der Waals surface area contributed by atoms with E-state index >= 15 is 0 Å². The van der Waals surface area contributed by atoms with Crippen molar-refractivity contribution >= 4 is 17.2 Å². The van der Waals surface area contributed by atoms with Gasteiger partial charge in [0.1, 0.15) is 4.88 Å². The van der Waals surface area contributed by atoms with Crippen LogP contribution in [0.4, 0.5) is 0 Å². The highest BCUT2D eigenvalue weighted by Gasteiger charge is 2.28. The third kappa shape index (κ3) is 5.87. The smallest absolute Gasteiger partial charge is 0.263 e. The molecule has 0 spiro atoms. The molecule has 158 valence electrons. The van der Waals surface area contributed by atoms with Crippen LogP contribution in [0.3, 0.4) is 0 Å². The third-order valence-corrected chi connectivity index (χ3v) is 6.98. The maximum Gasteiger partial charge on any atom is 0.263 e. The summed E-state index contributed by atoms with van der Waals surface area (Å²) in [5, 5.41) is 4.20. The standard InChI is InChI=1S/C23H33N3O2S/c1-4-19(5-2)20(26-11-13-28-14-12-26)16-24-23(27)22-17(3)25-21(29-22)15-18-9-7-6-8-10-18/h6-10,19-20H,4-5,11-16H2,1-3H3,(H,24,27). The van der Waals surface area contributed by atoms with E-state index in [-0.39, 0.29) is 5.91 Å². The number of carbonyl (C=O) groups excluding carboxylic acids is 1. The maximum absolute atomic E-state index is 12.9. The minimum Gasteiger partial charge on any atom is -0.379 e. The zero-order chi connectivity index (χ0) is 20.6. The molecule has 1 amide bonds. The molecule has 29 heavy (non-hydrogen) atoms. The summed E-state index contributed by atoms with van der Waals surface area (Å²) in [6.07, 6.45) is 3.01. The first-order chi connectivity index (χ1) is 14.1. The van der Waals surface area contributed by atoms with Crippen LogP contribution < -0.4 is 5.32 Å². The second kappa shape index (κ2) is 10.9. The van der Waals surface area contributed by atoms with Crippen LogP contribution in [-0.2, 0) is 11.2 Å². The molecule has 2 aromatic rings. The summed E-state index contributed by atoms with van der Waals surface area (Å²) >= 11 is 1.51. The Balaban J connectivity index is 1.65. The predicted molar refractivity (Wildman–Crippen MR) is 119 cm³/mol. The lowest BCUT2D eigenvalue weighted by Gasteiger charge is -2.38. The lowest BCUT2D eigenvalue weighted by Crippen LogP contribution is -2.52. The second-order valence-corrected chi connectivity index (χ2v) is 8.77. The van der Waals surface area contributed by atoms with E-state index in [4.69, 9.17) is 4.74 Å². The molecule has 2 heterocycles. The predicted octanol–water partition coefficient (Wildman–Crippen LogP) is 3.91. The number of aryl methyl sites for hydroxylation is 1. The van der Waals surface area contributed by atoms with Gasteiger partial charge < -0.3 is 10.1 Å². The van der Waals surface area contributed by atoms with Gasteiger partial charge in [-0.25, -0.2) is 4.98 Å². The monoisotopic (exact) mass is 415 g/mol. The van der Waals surface area contributed by atoms with Gasteiger partial charge in [0.2, 0.25) is 0 Å². The average Bonchev–Trinajstić information content (AvgIpc) is 3.12. The van der Waals surface area contributed by atoms with E-state index in [1.807, 2.05) is 25.1 Å². The molecule has 1 aliphatic rings. The van der Waals surface area contributed by atoms with E-state index < -0.39 is 0 Å². The molecule has 0 aliphatic carbocycles. The molecule has 0 radical (unpaired) electrons. The average molecular weight is 416 g/mol. The van der Waals surface area contributed by atoms with E-state index in [0.717, 1.165) is 61.1 Å². The Morgan fingerprint density at radius 3 is 2.55 bits per heavy atom. The molecule has 1 aromatic heterocycles. The van der Waals surface area contributed by atoms with Crippen LogP contribution in [0.15, 0.2) is 30.3 Å². The lowest BCUT2D eigenvalue weighted by molar-refractivity contribution is 0.00192. The van der Waals surface area contributed by atoms with Crippen molar-refractivity contribution in [3.05, 3.63) is 51.5 Å². The van der Waals surface area contributed by atoms with Crippen molar-refractivity contribution in [3.63, 3.8) is 0 Å². The lowest BCUT2D eigenvalue weighted by atomic mass is 9.92. The molecule has 1 fully saturated rings. The third-order valence-electron chi connectivity index (χ3n) is 5.82. The summed E-state index contributed by atoms with van der Waals surface area (Å²) in [5.74, 6) is 0.577. The van der Waals surface area contributed by atoms with Gasteiger partial charge in [-0.05, 0) is 18.4 Å². The van der Waals surface area contributed by atoms with Crippen LogP contribution >= 0.6 is 11.3 Å². The highest BCUT2D eigenvalue weighted by molar-refractivity contribution is 7.13. The minimum absolute atomic E-state index is 0.00327. The number of hydrogen-bond donors (Lipinski definition) is 1. The summed E-state index contributed by atoms with van der Waals surface area (Å²) < 4.78 is 5.52. The Hall–Kier alpha value is -1.76. The van der Waals surface area contributed by atoms with Gasteiger partial charge in [0.15, 0.2) is 0 Å². The fourth-order valence-electron chi connectivity index (χ4n) is 4.12. The number of nitrogens with zero attached hydrogens (tertiary/aromatic N) is 2. The largest absolute Gasteiger partial charge is 0.379 e. The molecule has 3 rings (SSSR count). The first-order valence-electron chi connectivity index (χ1n) is 10.7. The van der Waals surface area contributed by atoms with Crippen molar-refractivity contribution < 1.29 is 9.53 Å². The number of carbonyl (C=O) groups is 1. The normalized spacial score (nSPS) is 16.1. The SMILES string of the molecule is CCC(CC)C(CNC(=O)c1sc(Cc2ccccc2)nc1C)N1CCOCC1. The molecular weight excluding hydrogens is 382 g/mol. The number of ether oxygens (including phenoxy) is 1. The molecule has 1 atom stereocenters. The van der Waals surface area contributed by atoms with Crippen LogP contribution in [0.25, 0.3) is 0 Å². The van der Waals surface area contributed by atoms with Gasteiger partial charge in [0, 0.05) is 32.1 Å². The summed E-state index contributed by atoms with van der Waals surface area (Å²) in [6, 6.07) is 10.6. The number of nitrogens with one attached hydrogen (secondary N) is 1. The highest BCUT2D eigenvalue weighted by atomic mass is 32.1. The quantitative estimate of drug-likeness (QED) is 0.675. The van der Waals surface area contributed by atoms with Crippen molar-refractivity contribution in [2.75, 3.05) is 32.8 Å². The Kier molecular flexibility index (Phi) is 8.21. The number of thiazole rings is 1. The summed E-state index contributed by atoms with van der Waals surface area (Å²) in [7, 11) is 0. The van der Waals surface area contributed by atoms with E-state index in [2.05, 4.69) is 41.2 Å². The van der Waals surface area contributed by atoms with Crippen molar-refractivity contribution in [1.82, 2.24) is 15.2 Å². The molecule has 6 heteroatoms. The van der Waals surface area contributed by atoms with Gasteiger partial charge in [-0.2, -0.15) is 0 Å². The summed E-state index contributed by atoms with van der Waals surface area (Å²) in [4.78, 5) is 20.8. The summed E-state index contributed by atoms with van der Waals surface area (Å²) in [6.45, 7) is 10.5. The Morgan fingerprint density at radius 1 is 1.21 bits per heavy atom. The number of rotatable bonds is 9. The van der Waals surface area contributed by atoms with Crippen molar-refractivity contribution in [3.8, 4) is 0 Å². The zero-order valence-corrected chi connectivity index (χ0v) is 18.6. The number of benzene rings is 1. The molecular formula is C23H33N3O2S. The molecule has 1 saturated heterocycles. The number of aromatic nitrogens is 1. The van der Waals surface area contributed by atoms with Crippen molar-refractivity contribution in [1.29, 1.82) is 0 Å². The number of amides is 1. The summed E-state index contributed by atoms with van der Waals surface area (Å²) in [5.41, 5.74) is 2.04. The molecule has 1 unspecified atom stereocenters. The van der Waals surface area contributed by atoms with Gasteiger partial charge in [-0.15, -0.1) is 11.3 Å². The van der Waals surface area contributed by atoms with Crippen LogP contribution in [0, 0.1) is 12.8 Å². The minimum atomic E-state index is 0.00327. The fourth-order valence-corrected chi connectivity index (χ4v) is 5.14.